The molecule has 0 spiro atoms. The molecule has 9 heteroatoms. The quantitative estimate of drug-likeness (QED) is 0.308. The van der Waals surface area contributed by atoms with E-state index in [0.29, 0.717) is 30.7 Å². The van der Waals surface area contributed by atoms with Gasteiger partial charge in [0.15, 0.2) is 6.61 Å². The van der Waals surface area contributed by atoms with Gasteiger partial charge >= 0.3 is 11.9 Å². The minimum absolute atomic E-state index is 0.0188. The van der Waals surface area contributed by atoms with E-state index in [4.69, 9.17) is 9.47 Å². The highest BCUT2D eigenvalue weighted by molar-refractivity contribution is 6.08. The maximum absolute atomic E-state index is 12.9. The van der Waals surface area contributed by atoms with Crippen LogP contribution in [0.3, 0.4) is 0 Å². The van der Waals surface area contributed by atoms with Gasteiger partial charge in [-0.3, -0.25) is 19.3 Å². The van der Waals surface area contributed by atoms with Gasteiger partial charge in [0.1, 0.15) is 6.04 Å². The number of amides is 3. The molecule has 3 atom stereocenters. The number of esters is 2. The smallest absolute Gasteiger partial charge is 0.338 e. The molecule has 1 aliphatic heterocycles. The Balaban J connectivity index is 1.59. The van der Waals surface area contributed by atoms with Crippen molar-refractivity contribution in [3.8, 4) is 0 Å². The lowest BCUT2D eigenvalue weighted by molar-refractivity contribution is -0.160. The van der Waals surface area contributed by atoms with E-state index in [9.17, 15) is 24.0 Å². The summed E-state index contributed by atoms with van der Waals surface area (Å²) in [7, 11) is 0. The predicted molar refractivity (Wildman–Crippen MR) is 127 cm³/mol. The highest BCUT2D eigenvalue weighted by Crippen LogP contribution is 2.37. The summed E-state index contributed by atoms with van der Waals surface area (Å²) in [5.41, 5.74) is 0.772. The summed E-state index contributed by atoms with van der Waals surface area (Å²) in [6, 6.07) is 5.07. The van der Waals surface area contributed by atoms with E-state index in [1.165, 1.54) is 12.1 Å². The first kappa shape index (κ1) is 26.1. The fraction of sp³-hybridized carbons (Fsp3) is 0.500. The average Bonchev–Trinajstić information content (AvgIpc) is 3.09. The van der Waals surface area contributed by atoms with Gasteiger partial charge in [0.05, 0.1) is 24.0 Å². The Labute approximate surface area is 204 Å². The Morgan fingerprint density at radius 1 is 1.00 bits per heavy atom. The molecule has 1 aromatic carbocycles. The monoisotopic (exact) mass is 484 g/mol. The van der Waals surface area contributed by atoms with Crippen LogP contribution in [0.4, 0.5) is 5.69 Å². The van der Waals surface area contributed by atoms with Gasteiger partial charge in [0.25, 0.3) is 5.91 Å². The van der Waals surface area contributed by atoms with Crippen LogP contribution in [-0.4, -0.2) is 53.8 Å². The number of rotatable bonds is 10. The third kappa shape index (κ3) is 6.35. The molecule has 1 aromatic rings. The molecule has 188 valence electrons. The van der Waals surface area contributed by atoms with Crippen LogP contribution in [0.15, 0.2) is 36.4 Å². The van der Waals surface area contributed by atoms with E-state index in [1.807, 2.05) is 32.9 Å². The van der Waals surface area contributed by atoms with E-state index in [2.05, 4.69) is 5.32 Å². The molecular formula is C26H32N2O7. The van der Waals surface area contributed by atoms with Gasteiger partial charge in [-0.2, -0.15) is 0 Å². The van der Waals surface area contributed by atoms with E-state index in [-0.39, 0.29) is 24.2 Å². The van der Waals surface area contributed by atoms with Crippen molar-refractivity contribution in [3.05, 3.63) is 42.0 Å². The number of allylic oxidation sites excluding steroid dienone is 2. The molecule has 3 amide bonds. The van der Waals surface area contributed by atoms with Gasteiger partial charge < -0.3 is 14.8 Å². The highest BCUT2D eigenvalue weighted by Gasteiger charge is 2.51. The van der Waals surface area contributed by atoms with Crippen LogP contribution >= 0.6 is 0 Å². The fourth-order valence-electron chi connectivity index (χ4n) is 4.28. The standard InChI is InChI=1S/C26H32N2O7/c1-4-13-34-25(32)17-9-11-18(12-10-17)27-22(29)15-35-26(33)21(14-16(2)3)28-23(30)19-7-5-6-8-20(19)24(28)31/h5-6,9-12,16,19-21H,4,7-8,13-15H2,1-3H3,(H,27,29). The second kappa shape index (κ2) is 11.8. The zero-order valence-corrected chi connectivity index (χ0v) is 20.3. The lowest BCUT2D eigenvalue weighted by Crippen LogP contribution is -2.47. The molecule has 1 fully saturated rings. The van der Waals surface area contributed by atoms with Crippen LogP contribution < -0.4 is 5.32 Å². The second-order valence-electron chi connectivity index (χ2n) is 9.22. The zero-order valence-electron chi connectivity index (χ0n) is 20.3. The van der Waals surface area contributed by atoms with Crippen LogP contribution in [0.5, 0.6) is 0 Å². The Morgan fingerprint density at radius 2 is 1.60 bits per heavy atom. The number of likely N-dealkylation sites (tertiary alicyclic amines) is 1. The van der Waals surface area contributed by atoms with E-state index >= 15 is 0 Å². The third-order valence-electron chi connectivity index (χ3n) is 6.01. The van der Waals surface area contributed by atoms with Crippen molar-refractivity contribution < 1.29 is 33.4 Å². The third-order valence-corrected chi connectivity index (χ3v) is 6.01. The van der Waals surface area contributed by atoms with E-state index in [0.717, 1.165) is 11.3 Å². The van der Waals surface area contributed by atoms with Crippen molar-refractivity contribution >= 4 is 35.3 Å². The lowest BCUT2D eigenvalue weighted by atomic mass is 9.85. The molecule has 3 unspecified atom stereocenters. The average molecular weight is 485 g/mol. The van der Waals surface area contributed by atoms with Gasteiger partial charge in [-0.05, 0) is 55.9 Å². The second-order valence-corrected chi connectivity index (χ2v) is 9.22. The fourth-order valence-corrected chi connectivity index (χ4v) is 4.28. The lowest BCUT2D eigenvalue weighted by Gasteiger charge is -2.26. The number of carbonyl (C=O) groups excluding carboxylic acids is 5. The van der Waals surface area contributed by atoms with E-state index in [1.54, 1.807) is 12.1 Å². The molecule has 35 heavy (non-hydrogen) atoms. The van der Waals surface area contributed by atoms with Gasteiger partial charge in [-0.25, -0.2) is 9.59 Å². The molecule has 0 aromatic heterocycles. The summed E-state index contributed by atoms with van der Waals surface area (Å²) in [6.07, 6.45) is 5.70. The van der Waals surface area contributed by atoms with Crippen molar-refractivity contribution in [2.75, 3.05) is 18.5 Å². The molecule has 1 aliphatic carbocycles. The summed E-state index contributed by atoms with van der Waals surface area (Å²) in [6.45, 7) is 5.42. The van der Waals surface area contributed by atoms with Crippen molar-refractivity contribution in [2.45, 2.75) is 52.5 Å². The summed E-state index contributed by atoms with van der Waals surface area (Å²) >= 11 is 0. The topological polar surface area (TPSA) is 119 Å². The summed E-state index contributed by atoms with van der Waals surface area (Å²) in [5, 5.41) is 2.59. The predicted octanol–water partition coefficient (Wildman–Crippen LogP) is 3.10. The molecule has 1 saturated heterocycles. The summed E-state index contributed by atoms with van der Waals surface area (Å²) < 4.78 is 10.3. The minimum Gasteiger partial charge on any atom is -0.462 e. The Kier molecular flexibility index (Phi) is 8.78. The number of anilines is 1. The maximum atomic E-state index is 12.9. The molecule has 2 aliphatic rings. The number of hydrogen-bond donors (Lipinski definition) is 1. The van der Waals surface area contributed by atoms with Crippen molar-refractivity contribution in [2.24, 2.45) is 17.8 Å². The highest BCUT2D eigenvalue weighted by atomic mass is 16.5. The van der Waals surface area contributed by atoms with Crippen LogP contribution in [0.1, 0.15) is 56.8 Å². The number of carbonyl (C=O) groups is 5. The molecule has 0 saturated carbocycles. The number of imide groups is 1. The SMILES string of the molecule is CCCOC(=O)c1ccc(NC(=O)COC(=O)C(CC(C)C)N2C(=O)C3CC=CCC3C2=O)cc1. The van der Waals surface area contributed by atoms with Crippen LogP contribution in [0.25, 0.3) is 0 Å². The first-order valence-electron chi connectivity index (χ1n) is 12.0. The molecule has 0 radical (unpaired) electrons. The first-order valence-corrected chi connectivity index (χ1v) is 12.0. The zero-order chi connectivity index (χ0) is 25.5. The summed E-state index contributed by atoms with van der Waals surface area (Å²) in [5.74, 6) is -3.39. The molecule has 3 rings (SSSR count). The van der Waals surface area contributed by atoms with Gasteiger partial charge in [-0.15, -0.1) is 0 Å². The number of nitrogens with zero attached hydrogens (tertiary/aromatic N) is 1. The van der Waals surface area contributed by atoms with Crippen molar-refractivity contribution in [1.82, 2.24) is 4.90 Å². The molecule has 0 bridgehead atoms. The van der Waals surface area contributed by atoms with Crippen LogP contribution in [-0.2, 0) is 28.7 Å². The van der Waals surface area contributed by atoms with E-state index < -0.39 is 42.3 Å². The number of fused-ring (bicyclic) bond motifs is 1. The Morgan fingerprint density at radius 3 is 2.14 bits per heavy atom. The van der Waals surface area contributed by atoms with Gasteiger partial charge in [-0.1, -0.05) is 32.9 Å². The Hall–Kier alpha value is -3.49. The van der Waals surface area contributed by atoms with Gasteiger partial charge in [0, 0.05) is 5.69 Å². The molecule has 9 nitrogen and oxygen atoms in total. The molecule has 1 N–H and O–H groups in total. The minimum atomic E-state index is -1.07. The van der Waals surface area contributed by atoms with Crippen molar-refractivity contribution in [1.29, 1.82) is 0 Å². The van der Waals surface area contributed by atoms with Crippen LogP contribution in [0.2, 0.25) is 0 Å². The van der Waals surface area contributed by atoms with Gasteiger partial charge in [0.2, 0.25) is 11.8 Å². The number of nitrogens with one attached hydrogen (secondary N) is 1. The maximum Gasteiger partial charge on any atom is 0.338 e. The number of ether oxygens (including phenoxy) is 2. The first-order chi connectivity index (χ1) is 16.7. The molecular weight excluding hydrogens is 452 g/mol. The molecule has 1 heterocycles. The van der Waals surface area contributed by atoms with Crippen molar-refractivity contribution in [3.63, 3.8) is 0 Å². The number of hydrogen-bond acceptors (Lipinski definition) is 7. The summed E-state index contributed by atoms with van der Waals surface area (Å²) in [4.78, 5) is 64.1. The number of benzene rings is 1. The largest absolute Gasteiger partial charge is 0.462 e. The normalized spacial score (nSPS) is 19.9. The Bertz CT molecular complexity index is 973. The van der Waals surface area contributed by atoms with Crippen LogP contribution in [0, 0.1) is 17.8 Å².